The molecule has 2 unspecified atom stereocenters. The number of halogens is 1. The van der Waals surface area contributed by atoms with Crippen molar-refractivity contribution in [2.24, 2.45) is 0 Å². The lowest BCUT2D eigenvalue weighted by atomic mass is 10.1. The van der Waals surface area contributed by atoms with Crippen LogP contribution in [-0.4, -0.2) is 12.1 Å². The number of amides is 2. The molecule has 1 fully saturated rings. The first kappa shape index (κ1) is 13.0. The number of hydrogen-bond donors (Lipinski definition) is 2. The van der Waals surface area contributed by atoms with E-state index in [9.17, 15) is 4.79 Å². The van der Waals surface area contributed by atoms with Crippen molar-refractivity contribution in [2.45, 2.75) is 18.4 Å². The van der Waals surface area contributed by atoms with E-state index in [1.165, 1.54) is 5.56 Å². The number of hydrogen-bond acceptors (Lipinski definition) is 1. The summed E-state index contributed by atoms with van der Waals surface area (Å²) >= 11 is 6.00. The van der Waals surface area contributed by atoms with Gasteiger partial charge in [0.1, 0.15) is 0 Å². The Morgan fingerprint density at radius 3 is 2.50 bits per heavy atom. The molecule has 102 valence electrons. The predicted octanol–water partition coefficient (Wildman–Crippen LogP) is 4.02. The molecule has 0 aromatic heterocycles. The Bertz CT molecular complexity index is 615. The number of carbonyl (C=O) groups is 1. The van der Waals surface area contributed by atoms with E-state index in [0.29, 0.717) is 16.6 Å². The number of rotatable bonds is 3. The van der Waals surface area contributed by atoms with Crippen LogP contribution < -0.4 is 10.6 Å². The van der Waals surface area contributed by atoms with Crippen LogP contribution in [0.15, 0.2) is 54.6 Å². The Morgan fingerprint density at radius 1 is 1.05 bits per heavy atom. The monoisotopic (exact) mass is 286 g/mol. The second-order valence-corrected chi connectivity index (χ2v) is 5.34. The van der Waals surface area contributed by atoms with Crippen LogP contribution in [0.3, 0.4) is 0 Å². The summed E-state index contributed by atoms with van der Waals surface area (Å²) in [5.41, 5.74) is 1.90. The maximum atomic E-state index is 11.9. The van der Waals surface area contributed by atoms with E-state index in [1.807, 2.05) is 30.3 Å². The minimum atomic E-state index is -0.207. The number of benzene rings is 2. The Hall–Kier alpha value is -2.00. The highest BCUT2D eigenvalue weighted by molar-refractivity contribution is 6.33. The fourth-order valence-corrected chi connectivity index (χ4v) is 2.50. The van der Waals surface area contributed by atoms with E-state index in [4.69, 9.17) is 11.6 Å². The largest absolute Gasteiger partial charge is 0.334 e. The SMILES string of the molecule is O=C(Nc1ccccc1Cl)NC1CC1c1ccccc1. The van der Waals surface area contributed by atoms with E-state index in [0.717, 1.165) is 6.42 Å². The van der Waals surface area contributed by atoms with Crippen LogP contribution in [0.25, 0.3) is 0 Å². The Morgan fingerprint density at radius 2 is 1.75 bits per heavy atom. The van der Waals surface area contributed by atoms with Crippen LogP contribution in [0.4, 0.5) is 10.5 Å². The lowest BCUT2D eigenvalue weighted by Gasteiger charge is -2.08. The van der Waals surface area contributed by atoms with Gasteiger partial charge in [0.15, 0.2) is 0 Å². The summed E-state index contributed by atoms with van der Waals surface area (Å²) in [5, 5.41) is 6.28. The quantitative estimate of drug-likeness (QED) is 0.879. The average Bonchev–Trinajstić information content (AvgIpc) is 3.21. The van der Waals surface area contributed by atoms with E-state index < -0.39 is 0 Å². The molecule has 2 aromatic rings. The van der Waals surface area contributed by atoms with Gasteiger partial charge in [-0.15, -0.1) is 0 Å². The van der Waals surface area contributed by atoms with Crippen LogP contribution in [0, 0.1) is 0 Å². The van der Waals surface area contributed by atoms with Gasteiger partial charge in [0.25, 0.3) is 0 Å². The highest BCUT2D eigenvalue weighted by Crippen LogP contribution is 2.40. The van der Waals surface area contributed by atoms with Gasteiger partial charge in [-0.2, -0.15) is 0 Å². The summed E-state index contributed by atoms with van der Waals surface area (Å²) in [6.45, 7) is 0. The molecule has 0 aliphatic heterocycles. The van der Waals surface area contributed by atoms with Crippen molar-refractivity contribution in [1.82, 2.24) is 5.32 Å². The number of carbonyl (C=O) groups excluding carboxylic acids is 1. The lowest BCUT2D eigenvalue weighted by Crippen LogP contribution is -2.31. The first-order valence-electron chi connectivity index (χ1n) is 6.61. The minimum Gasteiger partial charge on any atom is -0.334 e. The van der Waals surface area contributed by atoms with Crippen molar-refractivity contribution in [2.75, 3.05) is 5.32 Å². The van der Waals surface area contributed by atoms with E-state index in [2.05, 4.69) is 22.8 Å². The molecule has 0 heterocycles. The van der Waals surface area contributed by atoms with Gasteiger partial charge in [-0.1, -0.05) is 54.1 Å². The second-order valence-electron chi connectivity index (χ2n) is 4.94. The third-order valence-electron chi connectivity index (χ3n) is 3.46. The molecular formula is C16H15ClN2O. The fourth-order valence-electron chi connectivity index (χ4n) is 2.31. The summed E-state index contributed by atoms with van der Waals surface area (Å²) in [5.74, 6) is 0.424. The van der Waals surface area contributed by atoms with Gasteiger partial charge < -0.3 is 10.6 Å². The minimum absolute atomic E-state index is 0.207. The number of urea groups is 1. The highest BCUT2D eigenvalue weighted by atomic mass is 35.5. The van der Waals surface area contributed by atoms with Crippen LogP contribution in [-0.2, 0) is 0 Å². The molecule has 1 saturated carbocycles. The summed E-state index contributed by atoms with van der Waals surface area (Å²) in [4.78, 5) is 11.9. The highest BCUT2D eigenvalue weighted by Gasteiger charge is 2.39. The first-order chi connectivity index (χ1) is 9.74. The smallest absolute Gasteiger partial charge is 0.319 e. The third kappa shape index (κ3) is 2.94. The number of anilines is 1. The topological polar surface area (TPSA) is 41.1 Å². The molecule has 2 atom stereocenters. The normalized spacial score (nSPS) is 20.2. The van der Waals surface area contributed by atoms with Crippen molar-refractivity contribution >= 4 is 23.3 Å². The van der Waals surface area contributed by atoms with Crippen molar-refractivity contribution in [3.8, 4) is 0 Å². The molecule has 4 heteroatoms. The zero-order chi connectivity index (χ0) is 13.9. The predicted molar refractivity (Wildman–Crippen MR) is 81.2 cm³/mol. The molecule has 0 bridgehead atoms. The van der Waals surface area contributed by atoms with Gasteiger partial charge in [-0.05, 0) is 24.1 Å². The van der Waals surface area contributed by atoms with Crippen molar-refractivity contribution in [1.29, 1.82) is 0 Å². The summed E-state index contributed by atoms with van der Waals surface area (Å²) < 4.78 is 0. The molecule has 0 saturated heterocycles. The first-order valence-corrected chi connectivity index (χ1v) is 6.99. The molecular weight excluding hydrogens is 272 g/mol. The second kappa shape index (κ2) is 5.55. The third-order valence-corrected chi connectivity index (χ3v) is 3.79. The Balaban J connectivity index is 1.55. The molecule has 0 spiro atoms. The van der Waals surface area contributed by atoms with Crippen molar-refractivity contribution < 1.29 is 4.79 Å². The zero-order valence-electron chi connectivity index (χ0n) is 10.8. The summed E-state index contributed by atoms with van der Waals surface area (Å²) in [6.07, 6.45) is 0.986. The molecule has 3 rings (SSSR count). The Labute approximate surface area is 123 Å². The van der Waals surface area contributed by atoms with E-state index in [-0.39, 0.29) is 12.1 Å². The molecule has 1 aliphatic carbocycles. The van der Waals surface area contributed by atoms with Gasteiger partial charge >= 0.3 is 6.03 Å². The van der Waals surface area contributed by atoms with Gasteiger partial charge in [0.05, 0.1) is 10.7 Å². The molecule has 2 amide bonds. The number of para-hydroxylation sites is 1. The Kier molecular flexibility index (Phi) is 3.61. The summed E-state index contributed by atoms with van der Waals surface area (Å²) in [7, 11) is 0. The maximum absolute atomic E-state index is 11.9. The van der Waals surface area contributed by atoms with Crippen LogP contribution in [0.5, 0.6) is 0 Å². The molecule has 2 aromatic carbocycles. The van der Waals surface area contributed by atoms with E-state index in [1.54, 1.807) is 12.1 Å². The summed E-state index contributed by atoms with van der Waals surface area (Å²) in [6, 6.07) is 17.4. The molecule has 3 nitrogen and oxygen atoms in total. The standard InChI is InChI=1S/C16H15ClN2O/c17-13-8-4-5-9-14(13)18-16(20)19-15-10-12(15)11-6-2-1-3-7-11/h1-9,12,15H,10H2,(H2,18,19,20). The fraction of sp³-hybridized carbons (Fsp3) is 0.188. The van der Waals surface area contributed by atoms with Crippen molar-refractivity contribution in [3.63, 3.8) is 0 Å². The van der Waals surface area contributed by atoms with Crippen LogP contribution in [0.1, 0.15) is 17.9 Å². The van der Waals surface area contributed by atoms with Crippen LogP contribution >= 0.6 is 11.6 Å². The molecule has 20 heavy (non-hydrogen) atoms. The van der Waals surface area contributed by atoms with Gasteiger partial charge in [-0.25, -0.2) is 4.79 Å². The zero-order valence-corrected chi connectivity index (χ0v) is 11.6. The molecule has 2 N–H and O–H groups in total. The van der Waals surface area contributed by atoms with Gasteiger partial charge in [0, 0.05) is 12.0 Å². The molecule has 0 radical (unpaired) electrons. The number of nitrogens with one attached hydrogen (secondary N) is 2. The molecule has 1 aliphatic rings. The van der Waals surface area contributed by atoms with Gasteiger partial charge in [0.2, 0.25) is 0 Å². The van der Waals surface area contributed by atoms with Crippen molar-refractivity contribution in [3.05, 3.63) is 65.2 Å². The van der Waals surface area contributed by atoms with E-state index >= 15 is 0 Å². The van der Waals surface area contributed by atoms with Gasteiger partial charge in [-0.3, -0.25) is 0 Å². The van der Waals surface area contributed by atoms with Crippen LogP contribution in [0.2, 0.25) is 5.02 Å². The average molecular weight is 287 g/mol. The maximum Gasteiger partial charge on any atom is 0.319 e. The lowest BCUT2D eigenvalue weighted by molar-refractivity contribution is 0.251.